The van der Waals surface area contributed by atoms with Gasteiger partial charge in [0.15, 0.2) is 0 Å². The van der Waals surface area contributed by atoms with Crippen LogP contribution in [0.5, 0.6) is 5.75 Å². The number of fused-ring (bicyclic) bond motifs is 1. The number of likely N-dealkylation sites (tertiary alicyclic amines) is 1. The summed E-state index contributed by atoms with van der Waals surface area (Å²) < 4.78 is 5.94. The van der Waals surface area contributed by atoms with E-state index in [4.69, 9.17) is 4.74 Å². The molecule has 5 rings (SSSR count). The number of carbonyl (C=O) groups excluding carboxylic acids is 2. The van der Waals surface area contributed by atoms with Gasteiger partial charge in [0, 0.05) is 63.0 Å². The molecule has 0 aliphatic carbocycles. The van der Waals surface area contributed by atoms with Gasteiger partial charge < -0.3 is 24.3 Å². The van der Waals surface area contributed by atoms with Crippen molar-refractivity contribution in [1.29, 1.82) is 0 Å². The Morgan fingerprint density at radius 1 is 0.846 bits per heavy atom. The van der Waals surface area contributed by atoms with Crippen LogP contribution in [-0.2, 0) is 11.2 Å². The number of anilines is 1. The molecule has 7 nitrogen and oxygen atoms in total. The summed E-state index contributed by atoms with van der Waals surface area (Å²) in [6.45, 7) is 8.04. The molecule has 0 N–H and O–H groups in total. The van der Waals surface area contributed by atoms with Crippen molar-refractivity contribution in [3.8, 4) is 5.75 Å². The van der Waals surface area contributed by atoms with Crippen LogP contribution in [0.3, 0.4) is 0 Å². The van der Waals surface area contributed by atoms with Crippen molar-refractivity contribution in [2.75, 3.05) is 64.4 Å². The van der Waals surface area contributed by atoms with Gasteiger partial charge in [0.05, 0.1) is 6.61 Å². The lowest BCUT2D eigenvalue weighted by Crippen LogP contribution is -2.50. The molecule has 3 heterocycles. The minimum atomic E-state index is 0.0609. The van der Waals surface area contributed by atoms with Crippen LogP contribution in [0.2, 0.25) is 0 Å². The molecule has 0 unspecified atom stereocenters. The lowest BCUT2D eigenvalue weighted by atomic mass is 9.95. The predicted octanol–water partition coefficient (Wildman–Crippen LogP) is 4.46. The van der Waals surface area contributed by atoms with Crippen molar-refractivity contribution in [2.24, 2.45) is 0 Å². The van der Waals surface area contributed by atoms with Crippen molar-refractivity contribution >= 4 is 17.5 Å². The van der Waals surface area contributed by atoms with E-state index in [1.165, 1.54) is 57.5 Å². The number of carbonyl (C=O) groups is 2. The van der Waals surface area contributed by atoms with Crippen LogP contribution in [0.1, 0.15) is 60.9 Å². The highest BCUT2D eigenvalue weighted by molar-refractivity contribution is 5.97. The maximum Gasteiger partial charge on any atom is 0.253 e. The molecule has 0 spiro atoms. The zero-order chi connectivity index (χ0) is 27.0. The van der Waals surface area contributed by atoms with E-state index in [-0.39, 0.29) is 17.9 Å². The van der Waals surface area contributed by atoms with E-state index in [2.05, 4.69) is 29.0 Å². The molecule has 39 heavy (non-hydrogen) atoms. The topological polar surface area (TPSA) is 56.3 Å². The summed E-state index contributed by atoms with van der Waals surface area (Å²) in [5.74, 6) is 1.09. The van der Waals surface area contributed by atoms with Gasteiger partial charge in [-0.25, -0.2) is 0 Å². The molecule has 3 aliphatic heterocycles. The molecular weight excluding hydrogens is 488 g/mol. The van der Waals surface area contributed by atoms with Gasteiger partial charge in [-0.05, 0) is 81.6 Å². The fourth-order valence-corrected chi connectivity index (χ4v) is 6.11. The van der Waals surface area contributed by atoms with Crippen LogP contribution in [0, 0.1) is 0 Å². The second kappa shape index (κ2) is 13.4. The van der Waals surface area contributed by atoms with Gasteiger partial charge in [0.2, 0.25) is 5.91 Å². The van der Waals surface area contributed by atoms with Crippen LogP contribution in [0.4, 0.5) is 5.69 Å². The SMILES string of the molecule is CN1CCN(CCCCCCOc2ccc(C(=O)N3CCC(N4C(=O)CCc5ccccc54)CC3)cc2)CC1. The van der Waals surface area contributed by atoms with E-state index in [0.717, 1.165) is 37.1 Å². The van der Waals surface area contributed by atoms with Crippen molar-refractivity contribution in [3.05, 3.63) is 59.7 Å². The number of ether oxygens (including phenoxy) is 1. The minimum absolute atomic E-state index is 0.0609. The first-order chi connectivity index (χ1) is 19.1. The Morgan fingerprint density at radius 2 is 1.56 bits per heavy atom. The molecule has 2 saturated heterocycles. The first kappa shape index (κ1) is 27.7. The highest BCUT2D eigenvalue weighted by Gasteiger charge is 2.33. The Balaban J connectivity index is 1.00. The molecule has 7 heteroatoms. The predicted molar refractivity (Wildman–Crippen MR) is 156 cm³/mol. The number of piperidine rings is 1. The van der Waals surface area contributed by atoms with Gasteiger partial charge >= 0.3 is 0 Å². The number of nitrogens with zero attached hydrogens (tertiary/aromatic N) is 4. The number of benzene rings is 2. The number of likely N-dealkylation sites (N-methyl/N-ethyl adjacent to an activating group) is 1. The number of rotatable bonds is 10. The molecule has 2 amide bonds. The molecule has 0 aromatic heterocycles. The number of unbranched alkanes of at least 4 members (excludes halogenated alkanes) is 3. The van der Waals surface area contributed by atoms with Gasteiger partial charge in [-0.2, -0.15) is 0 Å². The van der Waals surface area contributed by atoms with Crippen molar-refractivity contribution < 1.29 is 14.3 Å². The summed E-state index contributed by atoms with van der Waals surface area (Å²) >= 11 is 0. The quantitative estimate of drug-likeness (QED) is 0.423. The standard InChI is InChI=1S/C32H44N4O3/c1-33-21-23-34(24-22-33)18-6-2-3-7-25-39-29-13-10-27(11-14-29)32(38)35-19-16-28(17-20-35)36-30-9-5-4-8-26(30)12-15-31(36)37/h4-5,8-11,13-14,28H,2-3,6-7,12,15-25H2,1H3. The fraction of sp³-hybridized carbons (Fsp3) is 0.562. The summed E-state index contributed by atoms with van der Waals surface area (Å²) in [6.07, 6.45) is 7.76. The molecule has 210 valence electrons. The second-order valence-corrected chi connectivity index (χ2v) is 11.3. The smallest absolute Gasteiger partial charge is 0.253 e. The van der Waals surface area contributed by atoms with Crippen LogP contribution >= 0.6 is 0 Å². The lowest BCUT2D eigenvalue weighted by molar-refractivity contribution is -0.119. The molecular formula is C32H44N4O3. The third kappa shape index (κ3) is 7.20. The first-order valence-electron chi connectivity index (χ1n) is 14.9. The average Bonchev–Trinajstić information content (AvgIpc) is 2.98. The largest absolute Gasteiger partial charge is 0.494 e. The normalized spacial score (nSPS) is 19.3. The summed E-state index contributed by atoms with van der Waals surface area (Å²) in [7, 11) is 2.20. The van der Waals surface area contributed by atoms with E-state index < -0.39 is 0 Å². The summed E-state index contributed by atoms with van der Waals surface area (Å²) in [6, 6.07) is 16.0. The van der Waals surface area contributed by atoms with Crippen LogP contribution in [-0.4, -0.2) is 92.0 Å². The number of aryl methyl sites for hydroxylation is 1. The number of amides is 2. The summed E-state index contributed by atoms with van der Waals surface area (Å²) in [5, 5.41) is 0. The minimum Gasteiger partial charge on any atom is -0.494 e. The highest BCUT2D eigenvalue weighted by atomic mass is 16.5. The molecule has 0 bridgehead atoms. The zero-order valence-corrected chi connectivity index (χ0v) is 23.5. The van der Waals surface area contributed by atoms with E-state index in [1.807, 2.05) is 46.2 Å². The Morgan fingerprint density at radius 3 is 2.33 bits per heavy atom. The van der Waals surface area contributed by atoms with E-state index in [0.29, 0.717) is 31.7 Å². The van der Waals surface area contributed by atoms with Gasteiger partial charge in [0.1, 0.15) is 5.75 Å². The molecule has 2 aromatic rings. The highest BCUT2D eigenvalue weighted by Crippen LogP contribution is 2.32. The second-order valence-electron chi connectivity index (χ2n) is 11.3. The first-order valence-corrected chi connectivity index (χ1v) is 14.9. The van der Waals surface area contributed by atoms with E-state index in [9.17, 15) is 9.59 Å². The average molecular weight is 533 g/mol. The van der Waals surface area contributed by atoms with E-state index >= 15 is 0 Å². The maximum absolute atomic E-state index is 13.1. The third-order valence-electron chi connectivity index (χ3n) is 8.58. The van der Waals surface area contributed by atoms with Crippen LogP contribution in [0.15, 0.2) is 48.5 Å². The number of para-hydroxylation sites is 1. The molecule has 2 aromatic carbocycles. The Labute approximate surface area is 233 Å². The zero-order valence-electron chi connectivity index (χ0n) is 23.5. The number of hydrogen-bond acceptors (Lipinski definition) is 5. The fourth-order valence-electron chi connectivity index (χ4n) is 6.11. The Bertz CT molecular complexity index is 1090. The van der Waals surface area contributed by atoms with Crippen molar-refractivity contribution in [2.45, 2.75) is 57.4 Å². The summed E-state index contributed by atoms with van der Waals surface area (Å²) in [5.41, 5.74) is 3.00. The third-order valence-corrected chi connectivity index (χ3v) is 8.58. The number of hydrogen-bond donors (Lipinski definition) is 0. The van der Waals surface area contributed by atoms with Gasteiger partial charge in [-0.3, -0.25) is 9.59 Å². The monoisotopic (exact) mass is 532 g/mol. The van der Waals surface area contributed by atoms with Crippen molar-refractivity contribution in [3.63, 3.8) is 0 Å². The molecule has 0 saturated carbocycles. The molecule has 0 radical (unpaired) electrons. The van der Waals surface area contributed by atoms with Crippen LogP contribution in [0.25, 0.3) is 0 Å². The van der Waals surface area contributed by atoms with E-state index in [1.54, 1.807) is 0 Å². The molecule has 3 aliphatic rings. The molecule has 0 atom stereocenters. The maximum atomic E-state index is 13.1. The van der Waals surface area contributed by atoms with Gasteiger partial charge in [0.25, 0.3) is 5.91 Å². The summed E-state index contributed by atoms with van der Waals surface area (Å²) in [4.78, 5) is 34.8. The lowest BCUT2D eigenvalue weighted by Gasteiger charge is -2.41. The number of piperazine rings is 1. The van der Waals surface area contributed by atoms with Crippen LogP contribution < -0.4 is 9.64 Å². The Hall–Kier alpha value is -2.90. The van der Waals surface area contributed by atoms with Crippen molar-refractivity contribution in [1.82, 2.24) is 14.7 Å². The van der Waals surface area contributed by atoms with Gasteiger partial charge in [-0.15, -0.1) is 0 Å². The van der Waals surface area contributed by atoms with Gasteiger partial charge in [-0.1, -0.05) is 31.0 Å². The molecule has 2 fully saturated rings. The Kier molecular flexibility index (Phi) is 9.53.